The van der Waals surface area contributed by atoms with E-state index in [4.69, 9.17) is 0 Å². The van der Waals surface area contributed by atoms with Crippen LogP contribution in [0.1, 0.15) is 31.2 Å². The Hall–Kier alpha value is -1.15. The average Bonchev–Trinajstić information content (AvgIpc) is 2.34. The van der Waals surface area contributed by atoms with Crippen LogP contribution in [0, 0.1) is 5.41 Å². The second-order valence-corrected chi connectivity index (χ2v) is 4.73. The molecule has 0 bridgehead atoms. The van der Waals surface area contributed by atoms with Crippen LogP contribution in [-0.4, -0.2) is 17.5 Å². The molecule has 0 saturated heterocycles. The molecule has 0 heterocycles. The number of Topliss-reactive ketones (excluding diaryl/α,β-unsaturated/α-hetero) is 1. The molecule has 1 N–H and O–H groups in total. The molecule has 2 rings (SSSR count). The Morgan fingerprint density at radius 3 is 2.56 bits per heavy atom. The lowest BCUT2D eigenvalue weighted by atomic mass is 9.70. The van der Waals surface area contributed by atoms with E-state index in [-0.39, 0.29) is 12.4 Å². The summed E-state index contributed by atoms with van der Waals surface area (Å²) in [6.07, 6.45) is 4.18. The van der Waals surface area contributed by atoms with Crippen molar-refractivity contribution in [2.24, 2.45) is 5.41 Å². The van der Waals surface area contributed by atoms with Crippen molar-refractivity contribution in [2.75, 3.05) is 6.61 Å². The Balaban J connectivity index is 2.18. The summed E-state index contributed by atoms with van der Waals surface area (Å²) < 4.78 is 0. The lowest BCUT2D eigenvalue weighted by Gasteiger charge is -2.34. The highest BCUT2D eigenvalue weighted by Gasteiger charge is 2.39. The van der Waals surface area contributed by atoms with Crippen LogP contribution in [0.3, 0.4) is 0 Å². The van der Waals surface area contributed by atoms with Gasteiger partial charge in [0.15, 0.2) is 0 Å². The highest BCUT2D eigenvalue weighted by molar-refractivity contribution is 5.86. The van der Waals surface area contributed by atoms with E-state index in [1.807, 2.05) is 30.3 Å². The van der Waals surface area contributed by atoms with Gasteiger partial charge in [-0.3, -0.25) is 4.79 Å². The molecular weight excluding hydrogens is 200 g/mol. The number of aliphatic hydroxyl groups is 1. The van der Waals surface area contributed by atoms with Crippen molar-refractivity contribution in [3.63, 3.8) is 0 Å². The van der Waals surface area contributed by atoms with Crippen molar-refractivity contribution < 1.29 is 9.90 Å². The van der Waals surface area contributed by atoms with Crippen LogP contribution < -0.4 is 0 Å². The number of hydrogen-bond acceptors (Lipinski definition) is 2. The summed E-state index contributed by atoms with van der Waals surface area (Å²) in [7, 11) is 0. The van der Waals surface area contributed by atoms with E-state index in [1.54, 1.807) is 0 Å². The first-order valence-electron chi connectivity index (χ1n) is 5.95. The fraction of sp³-hybridized carbons (Fsp3) is 0.500. The quantitative estimate of drug-likeness (QED) is 0.845. The summed E-state index contributed by atoms with van der Waals surface area (Å²) in [4.78, 5) is 12.0. The van der Waals surface area contributed by atoms with Gasteiger partial charge in [0.1, 0.15) is 5.78 Å². The van der Waals surface area contributed by atoms with Crippen molar-refractivity contribution in [3.05, 3.63) is 35.9 Å². The van der Waals surface area contributed by atoms with Gasteiger partial charge in [-0.2, -0.15) is 0 Å². The van der Waals surface area contributed by atoms with E-state index in [1.165, 1.54) is 0 Å². The van der Waals surface area contributed by atoms with Gasteiger partial charge in [0.25, 0.3) is 0 Å². The SMILES string of the molecule is O=C1CCCC[C@@]1(CO)Cc1ccccc1. The fourth-order valence-electron chi connectivity index (χ4n) is 2.55. The number of ketones is 1. The van der Waals surface area contributed by atoms with Gasteiger partial charge in [0.2, 0.25) is 0 Å². The normalized spacial score (nSPS) is 25.7. The van der Waals surface area contributed by atoms with Crippen LogP contribution in [0.25, 0.3) is 0 Å². The lowest BCUT2D eigenvalue weighted by molar-refractivity contribution is -0.133. The zero-order valence-electron chi connectivity index (χ0n) is 9.48. The Bertz CT molecular complexity index is 358. The Kier molecular flexibility index (Phi) is 3.39. The van der Waals surface area contributed by atoms with Crippen LogP contribution in [0.4, 0.5) is 0 Å². The molecule has 0 spiro atoms. The summed E-state index contributed by atoms with van der Waals surface area (Å²) in [6.45, 7) is -0.0132. The zero-order chi connectivity index (χ0) is 11.4. The molecule has 1 aliphatic rings. The molecule has 2 nitrogen and oxygen atoms in total. The Morgan fingerprint density at radius 1 is 1.19 bits per heavy atom. The molecule has 1 saturated carbocycles. The van der Waals surface area contributed by atoms with E-state index >= 15 is 0 Å². The molecule has 1 aromatic carbocycles. The molecule has 86 valence electrons. The second-order valence-electron chi connectivity index (χ2n) is 4.73. The Labute approximate surface area is 96.3 Å². The monoisotopic (exact) mass is 218 g/mol. The molecule has 2 heteroatoms. The Morgan fingerprint density at radius 2 is 1.94 bits per heavy atom. The van der Waals surface area contributed by atoms with Crippen molar-refractivity contribution in [2.45, 2.75) is 32.1 Å². The first-order chi connectivity index (χ1) is 7.77. The maximum atomic E-state index is 12.0. The van der Waals surface area contributed by atoms with E-state index < -0.39 is 5.41 Å². The van der Waals surface area contributed by atoms with Gasteiger partial charge in [-0.05, 0) is 24.8 Å². The third-order valence-corrected chi connectivity index (χ3v) is 3.59. The molecule has 1 fully saturated rings. The summed E-state index contributed by atoms with van der Waals surface area (Å²) in [6, 6.07) is 9.98. The summed E-state index contributed by atoms with van der Waals surface area (Å²) in [5.41, 5.74) is 0.645. The molecule has 16 heavy (non-hydrogen) atoms. The minimum Gasteiger partial charge on any atom is -0.395 e. The van der Waals surface area contributed by atoms with Gasteiger partial charge in [-0.15, -0.1) is 0 Å². The van der Waals surface area contributed by atoms with Crippen LogP contribution in [-0.2, 0) is 11.2 Å². The largest absolute Gasteiger partial charge is 0.395 e. The summed E-state index contributed by atoms with van der Waals surface area (Å²) in [5.74, 6) is 0.241. The van der Waals surface area contributed by atoms with Crippen molar-refractivity contribution >= 4 is 5.78 Å². The maximum Gasteiger partial charge on any atom is 0.141 e. The fourth-order valence-corrected chi connectivity index (χ4v) is 2.55. The minimum atomic E-state index is -0.500. The van der Waals surface area contributed by atoms with Crippen molar-refractivity contribution in [3.8, 4) is 0 Å². The first kappa shape index (κ1) is 11.3. The number of benzene rings is 1. The van der Waals surface area contributed by atoms with Gasteiger partial charge in [-0.25, -0.2) is 0 Å². The van der Waals surface area contributed by atoms with E-state index in [0.717, 1.165) is 24.8 Å². The number of rotatable bonds is 3. The number of carbonyl (C=O) groups excluding carboxylic acids is 1. The van der Waals surface area contributed by atoms with Gasteiger partial charge in [0, 0.05) is 6.42 Å². The predicted octanol–water partition coefficient (Wildman–Crippen LogP) is 2.35. The second kappa shape index (κ2) is 4.79. The molecule has 1 atom stereocenters. The van der Waals surface area contributed by atoms with Crippen molar-refractivity contribution in [1.29, 1.82) is 0 Å². The van der Waals surface area contributed by atoms with Gasteiger partial charge in [0.05, 0.1) is 12.0 Å². The molecule has 0 aliphatic heterocycles. The smallest absolute Gasteiger partial charge is 0.141 e. The summed E-state index contributed by atoms with van der Waals surface area (Å²) in [5, 5.41) is 9.55. The van der Waals surface area contributed by atoms with Crippen LogP contribution >= 0.6 is 0 Å². The highest BCUT2D eigenvalue weighted by atomic mass is 16.3. The molecule has 0 amide bonds. The molecule has 0 radical (unpaired) electrons. The third-order valence-electron chi connectivity index (χ3n) is 3.59. The summed E-state index contributed by atoms with van der Waals surface area (Å²) >= 11 is 0. The number of hydrogen-bond donors (Lipinski definition) is 1. The highest BCUT2D eigenvalue weighted by Crippen LogP contribution is 2.35. The number of aliphatic hydroxyl groups excluding tert-OH is 1. The van der Waals surface area contributed by atoms with Crippen molar-refractivity contribution in [1.82, 2.24) is 0 Å². The molecular formula is C14H18O2. The molecule has 1 aromatic rings. The third kappa shape index (κ3) is 2.17. The zero-order valence-corrected chi connectivity index (χ0v) is 9.48. The first-order valence-corrected chi connectivity index (χ1v) is 5.95. The topological polar surface area (TPSA) is 37.3 Å². The van der Waals surface area contributed by atoms with E-state index in [0.29, 0.717) is 12.8 Å². The van der Waals surface area contributed by atoms with Crippen LogP contribution in [0.2, 0.25) is 0 Å². The molecule has 0 unspecified atom stereocenters. The molecule has 1 aliphatic carbocycles. The van der Waals surface area contributed by atoms with Gasteiger partial charge >= 0.3 is 0 Å². The van der Waals surface area contributed by atoms with Crippen LogP contribution in [0.15, 0.2) is 30.3 Å². The standard InChI is InChI=1S/C14H18O2/c15-11-14(9-5-4-8-13(14)16)10-12-6-2-1-3-7-12/h1-3,6-7,15H,4-5,8-11H2/t14-/m0/s1. The van der Waals surface area contributed by atoms with Crippen LogP contribution in [0.5, 0.6) is 0 Å². The maximum absolute atomic E-state index is 12.0. The number of carbonyl (C=O) groups is 1. The minimum absolute atomic E-state index is 0.0132. The molecule has 0 aromatic heterocycles. The van der Waals surface area contributed by atoms with Gasteiger partial charge < -0.3 is 5.11 Å². The van der Waals surface area contributed by atoms with E-state index in [9.17, 15) is 9.90 Å². The predicted molar refractivity (Wildman–Crippen MR) is 63.1 cm³/mol. The average molecular weight is 218 g/mol. The van der Waals surface area contributed by atoms with E-state index in [2.05, 4.69) is 0 Å². The van der Waals surface area contributed by atoms with Gasteiger partial charge in [-0.1, -0.05) is 36.8 Å². The lowest BCUT2D eigenvalue weighted by Crippen LogP contribution is -2.39.